The monoisotopic (exact) mass is 258 g/mol. The highest BCUT2D eigenvalue weighted by Gasteiger charge is 1.99. The van der Waals surface area contributed by atoms with Gasteiger partial charge in [0.15, 0.2) is 0 Å². The van der Waals surface area contributed by atoms with Crippen LogP contribution in [0.25, 0.3) is 0 Å². The Labute approximate surface area is 91.7 Å². The van der Waals surface area contributed by atoms with Gasteiger partial charge < -0.3 is 4.74 Å². The third-order valence-corrected chi connectivity index (χ3v) is 2.31. The van der Waals surface area contributed by atoms with Crippen LogP contribution < -0.4 is 0 Å². The predicted octanol–water partition coefficient (Wildman–Crippen LogP) is 3.68. The molecule has 0 aliphatic carbocycles. The van der Waals surface area contributed by atoms with Crippen LogP contribution in [0.3, 0.4) is 0 Å². The highest BCUT2D eigenvalue weighted by atomic mass is 79.9. The normalized spacial score (nSPS) is 11.1. The van der Waals surface area contributed by atoms with Crippen molar-refractivity contribution in [1.82, 2.24) is 0 Å². The van der Waals surface area contributed by atoms with Crippen molar-refractivity contribution in [1.29, 1.82) is 0 Å². The Morgan fingerprint density at radius 2 is 2.29 bits per heavy atom. The summed E-state index contributed by atoms with van der Waals surface area (Å²) < 4.78 is 18.6. The second-order valence-electron chi connectivity index (χ2n) is 2.83. The van der Waals surface area contributed by atoms with Gasteiger partial charge in [0.1, 0.15) is 5.82 Å². The minimum atomic E-state index is -0.248. The summed E-state index contributed by atoms with van der Waals surface area (Å²) in [6, 6.07) is 4.87. The highest BCUT2D eigenvalue weighted by molar-refractivity contribution is 9.10. The average Bonchev–Trinajstić information content (AvgIpc) is 2.18. The Morgan fingerprint density at radius 3 is 2.93 bits per heavy atom. The van der Waals surface area contributed by atoms with Crippen LogP contribution in [0.4, 0.5) is 4.39 Å². The maximum Gasteiger partial charge on any atom is 0.137 e. The molecule has 14 heavy (non-hydrogen) atoms. The molecule has 0 saturated carbocycles. The van der Waals surface area contributed by atoms with Crippen molar-refractivity contribution in [3.8, 4) is 0 Å². The van der Waals surface area contributed by atoms with E-state index in [9.17, 15) is 4.39 Å². The fourth-order valence-corrected chi connectivity index (χ4v) is 1.40. The minimum Gasteiger partial charge on any atom is -0.373 e. The first-order valence-electron chi connectivity index (χ1n) is 4.37. The molecule has 1 nitrogen and oxygen atoms in total. The number of halogens is 2. The molecule has 0 aliphatic rings. The van der Waals surface area contributed by atoms with Gasteiger partial charge in [-0.3, -0.25) is 0 Å². The standard InChI is InChI=1S/C11H12BrFO/c1-2-3-6-14-8-9-4-5-11(13)10(12)7-9/h2-5,7H,6,8H2,1H3. The Bertz CT molecular complexity index is 323. The van der Waals surface area contributed by atoms with Crippen molar-refractivity contribution < 1.29 is 9.13 Å². The fraction of sp³-hybridized carbons (Fsp3) is 0.273. The number of ether oxygens (including phenoxy) is 1. The summed E-state index contributed by atoms with van der Waals surface area (Å²) in [5, 5.41) is 0. The average molecular weight is 259 g/mol. The van der Waals surface area contributed by atoms with Crippen molar-refractivity contribution in [2.24, 2.45) is 0 Å². The Kier molecular flexibility index (Phi) is 4.84. The molecule has 1 aromatic rings. The van der Waals surface area contributed by atoms with E-state index in [4.69, 9.17) is 4.74 Å². The van der Waals surface area contributed by atoms with Crippen LogP contribution in [0.2, 0.25) is 0 Å². The summed E-state index contributed by atoms with van der Waals surface area (Å²) >= 11 is 3.12. The lowest BCUT2D eigenvalue weighted by Crippen LogP contribution is -1.93. The maximum atomic E-state index is 12.8. The molecule has 0 fully saturated rings. The van der Waals surface area contributed by atoms with E-state index in [1.807, 2.05) is 19.1 Å². The maximum absolute atomic E-state index is 12.8. The number of allylic oxidation sites excluding steroid dienone is 1. The van der Waals surface area contributed by atoms with Gasteiger partial charge in [-0.15, -0.1) is 0 Å². The first kappa shape index (κ1) is 11.4. The Morgan fingerprint density at radius 1 is 1.50 bits per heavy atom. The fourth-order valence-electron chi connectivity index (χ4n) is 0.970. The first-order chi connectivity index (χ1) is 6.74. The molecule has 0 aromatic heterocycles. The molecule has 0 amide bonds. The smallest absolute Gasteiger partial charge is 0.137 e. The molecule has 0 aliphatic heterocycles. The molecule has 0 atom stereocenters. The van der Waals surface area contributed by atoms with Gasteiger partial charge in [0.2, 0.25) is 0 Å². The van der Waals surface area contributed by atoms with Crippen LogP contribution in [0.15, 0.2) is 34.8 Å². The number of benzene rings is 1. The molecular formula is C11H12BrFO. The van der Waals surface area contributed by atoms with E-state index in [1.54, 1.807) is 12.1 Å². The second-order valence-corrected chi connectivity index (χ2v) is 3.69. The molecule has 0 unspecified atom stereocenters. The molecule has 0 saturated heterocycles. The van der Waals surface area contributed by atoms with Crippen LogP contribution in [-0.4, -0.2) is 6.61 Å². The zero-order chi connectivity index (χ0) is 10.4. The Hall–Kier alpha value is -0.670. The third kappa shape index (κ3) is 3.60. The lowest BCUT2D eigenvalue weighted by Gasteiger charge is -2.02. The van der Waals surface area contributed by atoms with E-state index in [2.05, 4.69) is 15.9 Å². The van der Waals surface area contributed by atoms with Crippen LogP contribution in [-0.2, 0) is 11.3 Å². The van der Waals surface area contributed by atoms with Crippen LogP contribution >= 0.6 is 15.9 Å². The van der Waals surface area contributed by atoms with Crippen molar-refractivity contribution in [3.63, 3.8) is 0 Å². The predicted molar refractivity (Wildman–Crippen MR) is 58.6 cm³/mol. The summed E-state index contributed by atoms with van der Waals surface area (Å²) in [4.78, 5) is 0. The summed E-state index contributed by atoms with van der Waals surface area (Å²) in [7, 11) is 0. The van der Waals surface area contributed by atoms with Gasteiger partial charge in [-0.2, -0.15) is 0 Å². The van der Waals surface area contributed by atoms with Crippen molar-refractivity contribution in [3.05, 3.63) is 46.2 Å². The molecular weight excluding hydrogens is 247 g/mol. The first-order valence-corrected chi connectivity index (χ1v) is 5.16. The molecule has 0 spiro atoms. The van der Waals surface area contributed by atoms with Gasteiger partial charge in [-0.25, -0.2) is 4.39 Å². The van der Waals surface area contributed by atoms with E-state index in [1.165, 1.54) is 6.07 Å². The molecule has 0 radical (unpaired) electrons. The minimum absolute atomic E-state index is 0.248. The van der Waals surface area contributed by atoms with Crippen molar-refractivity contribution >= 4 is 15.9 Å². The van der Waals surface area contributed by atoms with E-state index in [-0.39, 0.29) is 5.82 Å². The number of rotatable bonds is 4. The summed E-state index contributed by atoms with van der Waals surface area (Å²) in [6.07, 6.45) is 3.86. The number of hydrogen-bond donors (Lipinski definition) is 0. The highest BCUT2D eigenvalue weighted by Crippen LogP contribution is 2.17. The summed E-state index contributed by atoms with van der Waals surface area (Å²) in [5.74, 6) is -0.248. The van der Waals surface area contributed by atoms with Gasteiger partial charge in [-0.1, -0.05) is 18.2 Å². The van der Waals surface area contributed by atoms with E-state index in [0.29, 0.717) is 17.7 Å². The zero-order valence-electron chi connectivity index (χ0n) is 7.97. The van der Waals surface area contributed by atoms with Crippen LogP contribution in [0.5, 0.6) is 0 Å². The van der Waals surface area contributed by atoms with Gasteiger partial charge in [0.05, 0.1) is 17.7 Å². The van der Waals surface area contributed by atoms with E-state index >= 15 is 0 Å². The molecule has 1 rings (SSSR count). The van der Waals surface area contributed by atoms with Gasteiger partial charge in [0.25, 0.3) is 0 Å². The van der Waals surface area contributed by atoms with E-state index in [0.717, 1.165) is 5.56 Å². The quantitative estimate of drug-likeness (QED) is 0.592. The third-order valence-electron chi connectivity index (χ3n) is 1.70. The lowest BCUT2D eigenvalue weighted by molar-refractivity contribution is 0.148. The topological polar surface area (TPSA) is 9.23 Å². The van der Waals surface area contributed by atoms with Gasteiger partial charge >= 0.3 is 0 Å². The number of hydrogen-bond acceptors (Lipinski definition) is 1. The zero-order valence-corrected chi connectivity index (χ0v) is 9.55. The molecule has 0 N–H and O–H groups in total. The molecule has 76 valence electrons. The lowest BCUT2D eigenvalue weighted by atomic mass is 10.2. The van der Waals surface area contributed by atoms with Crippen LogP contribution in [0.1, 0.15) is 12.5 Å². The molecule has 1 aromatic carbocycles. The summed E-state index contributed by atoms with van der Waals surface area (Å²) in [6.45, 7) is 3.03. The van der Waals surface area contributed by atoms with Crippen LogP contribution in [0, 0.1) is 5.82 Å². The van der Waals surface area contributed by atoms with Gasteiger partial charge in [0, 0.05) is 0 Å². The SMILES string of the molecule is CC=CCOCc1ccc(F)c(Br)c1. The van der Waals surface area contributed by atoms with E-state index < -0.39 is 0 Å². The molecule has 0 bridgehead atoms. The second kappa shape index (κ2) is 5.94. The van der Waals surface area contributed by atoms with Crippen molar-refractivity contribution in [2.45, 2.75) is 13.5 Å². The molecule has 3 heteroatoms. The largest absolute Gasteiger partial charge is 0.373 e. The van der Waals surface area contributed by atoms with Gasteiger partial charge in [-0.05, 0) is 40.5 Å². The summed E-state index contributed by atoms with van der Waals surface area (Å²) in [5.41, 5.74) is 0.961. The molecule has 0 heterocycles. The Balaban J connectivity index is 2.47. The van der Waals surface area contributed by atoms with Crippen molar-refractivity contribution in [2.75, 3.05) is 6.61 Å².